The summed E-state index contributed by atoms with van der Waals surface area (Å²) in [5, 5.41) is 9.80. The van der Waals surface area contributed by atoms with Crippen LogP contribution in [-0.2, 0) is 0 Å². The van der Waals surface area contributed by atoms with E-state index < -0.39 is 0 Å². The summed E-state index contributed by atoms with van der Waals surface area (Å²) < 4.78 is 0. The third-order valence-electron chi connectivity index (χ3n) is 10.6. The van der Waals surface area contributed by atoms with Crippen molar-refractivity contribution in [2.24, 2.45) is 0 Å². The van der Waals surface area contributed by atoms with Gasteiger partial charge in [-0.15, -0.1) is 0 Å². The Labute approximate surface area is 309 Å². The summed E-state index contributed by atoms with van der Waals surface area (Å²) in [5.41, 5.74) is 10.5. The fraction of sp³-hybridized carbons (Fsp3) is 0. The minimum atomic E-state index is 1.12. The Morgan fingerprint density at radius 2 is 0.792 bits per heavy atom. The molecule has 0 saturated carbocycles. The Morgan fingerprint density at radius 3 is 1.57 bits per heavy atom. The standard InChI is InChI=1S/C52H35N/c1-3-15-36(16-4-1)41-30-31-49(48(34-41)38-18-5-2-6-19-38)53(51-35-42-22-10-11-23-44(42)46-25-13-14-26-47(46)51)50-32-29-39-20-9-12-24-45(39)52(50)43-28-27-37-17-7-8-21-40(37)33-43/h1-35H. The maximum atomic E-state index is 2.53. The molecule has 0 atom stereocenters. The van der Waals surface area contributed by atoms with E-state index in [1.165, 1.54) is 76.5 Å². The lowest BCUT2D eigenvalue weighted by atomic mass is 9.91. The third-order valence-corrected chi connectivity index (χ3v) is 10.6. The van der Waals surface area contributed by atoms with E-state index in [0.29, 0.717) is 0 Å². The number of hydrogen-bond acceptors (Lipinski definition) is 1. The van der Waals surface area contributed by atoms with Crippen LogP contribution in [0, 0.1) is 0 Å². The molecule has 1 heteroatoms. The summed E-state index contributed by atoms with van der Waals surface area (Å²) in [5.74, 6) is 0. The lowest BCUT2D eigenvalue weighted by Crippen LogP contribution is -2.13. The molecule has 10 aromatic carbocycles. The van der Waals surface area contributed by atoms with Gasteiger partial charge in [0.1, 0.15) is 0 Å². The second kappa shape index (κ2) is 13.0. The van der Waals surface area contributed by atoms with Crippen molar-refractivity contribution < 1.29 is 0 Å². The van der Waals surface area contributed by atoms with Crippen molar-refractivity contribution in [3.63, 3.8) is 0 Å². The van der Waals surface area contributed by atoms with Crippen LogP contribution in [-0.4, -0.2) is 0 Å². The van der Waals surface area contributed by atoms with Gasteiger partial charge in [0.2, 0.25) is 0 Å². The van der Waals surface area contributed by atoms with E-state index in [1.807, 2.05) is 0 Å². The molecule has 0 N–H and O–H groups in total. The van der Waals surface area contributed by atoms with Crippen molar-refractivity contribution in [3.05, 3.63) is 212 Å². The number of rotatable bonds is 6. The van der Waals surface area contributed by atoms with Gasteiger partial charge >= 0.3 is 0 Å². The zero-order chi connectivity index (χ0) is 35.1. The molecule has 0 aromatic heterocycles. The smallest absolute Gasteiger partial charge is 0.0547 e. The molecular formula is C52H35N. The molecule has 10 rings (SSSR count). The molecule has 53 heavy (non-hydrogen) atoms. The maximum Gasteiger partial charge on any atom is 0.0547 e. The summed E-state index contributed by atoms with van der Waals surface area (Å²) in [6.07, 6.45) is 0. The number of nitrogens with zero attached hydrogens (tertiary/aromatic N) is 1. The van der Waals surface area contributed by atoms with Gasteiger partial charge in [-0.25, -0.2) is 0 Å². The Kier molecular flexibility index (Phi) is 7.55. The molecule has 248 valence electrons. The van der Waals surface area contributed by atoms with Gasteiger partial charge in [-0.05, 0) is 90.3 Å². The first-order valence-corrected chi connectivity index (χ1v) is 18.3. The van der Waals surface area contributed by atoms with E-state index in [9.17, 15) is 0 Å². The Bertz CT molecular complexity index is 2940. The molecule has 0 aliphatic rings. The monoisotopic (exact) mass is 673 g/mol. The topological polar surface area (TPSA) is 3.24 Å². The molecule has 0 spiro atoms. The molecule has 0 heterocycles. The molecule has 1 nitrogen and oxygen atoms in total. The first-order chi connectivity index (χ1) is 26.3. The van der Waals surface area contributed by atoms with Gasteiger partial charge in [-0.3, -0.25) is 0 Å². The zero-order valence-corrected chi connectivity index (χ0v) is 29.2. The number of fused-ring (bicyclic) bond motifs is 5. The molecular weight excluding hydrogens is 639 g/mol. The van der Waals surface area contributed by atoms with Gasteiger partial charge in [-0.1, -0.05) is 182 Å². The van der Waals surface area contributed by atoms with Crippen molar-refractivity contribution in [2.45, 2.75) is 0 Å². The Balaban J connectivity index is 1.35. The van der Waals surface area contributed by atoms with Gasteiger partial charge in [0.05, 0.1) is 17.1 Å². The fourth-order valence-electron chi connectivity index (χ4n) is 8.09. The van der Waals surface area contributed by atoms with Crippen LogP contribution >= 0.6 is 0 Å². The van der Waals surface area contributed by atoms with Crippen LogP contribution in [0.25, 0.3) is 76.5 Å². The highest BCUT2D eigenvalue weighted by Crippen LogP contribution is 2.50. The first kappa shape index (κ1) is 30.8. The van der Waals surface area contributed by atoms with E-state index in [1.54, 1.807) is 0 Å². The summed E-state index contributed by atoms with van der Waals surface area (Å²) in [6.45, 7) is 0. The van der Waals surface area contributed by atoms with Crippen molar-refractivity contribution in [1.29, 1.82) is 0 Å². The largest absolute Gasteiger partial charge is 0.309 e. The van der Waals surface area contributed by atoms with Gasteiger partial charge < -0.3 is 4.90 Å². The van der Waals surface area contributed by atoms with Gasteiger partial charge in [0.15, 0.2) is 0 Å². The van der Waals surface area contributed by atoms with Crippen LogP contribution in [0.1, 0.15) is 0 Å². The fourth-order valence-corrected chi connectivity index (χ4v) is 8.09. The number of hydrogen-bond donors (Lipinski definition) is 0. The van der Waals surface area contributed by atoms with Crippen LogP contribution in [0.2, 0.25) is 0 Å². The highest BCUT2D eigenvalue weighted by molar-refractivity contribution is 6.17. The van der Waals surface area contributed by atoms with E-state index in [-0.39, 0.29) is 0 Å². The SMILES string of the molecule is c1ccc(-c2ccc(N(c3ccc4ccccc4c3-c3ccc4ccccc4c3)c3cc4ccccc4c4ccccc34)c(-c3ccccc3)c2)cc1. The van der Waals surface area contributed by atoms with Crippen LogP contribution in [0.5, 0.6) is 0 Å². The minimum absolute atomic E-state index is 1.12. The van der Waals surface area contributed by atoms with Crippen LogP contribution < -0.4 is 4.90 Å². The molecule has 0 aliphatic carbocycles. The zero-order valence-electron chi connectivity index (χ0n) is 29.2. The Morgan fingerprint density at radius 1 is 0.245 bits per heavy atom. The summed E-state index contributed by atoms with van der Waals surface area (Å²) in [7, 11) is 0. The second-order valence-corrected chi connectivity index (χ2v) is 13.7. The maximum absolute atomic E-state index is 2.53. The average Bonchev–Trinajstić information content (AvgIpc) is 3.24. The van der Waals surface area contributed by atoms with Crippen molar-refractivity contribution in [3.8, 4) is 33.4 Å². The van der Waals surface area contributed by atoms with Gasteiger partial charge in [0, 0.05) is 16.5 Å². The van der Waals surface area contributed by atoms with Crippen molar-refractivity contribution >= 4 is 60.2 Å². The summed E-state index contributed by atoms with van der Waals surface area (Å²) in [4.78, 5) is 2.53. The van der Waals surface area contributed by atoms with E-state index in [4.69, 9.17) is 0 Å². The highest BCUT2D eigenvalue weighted by Gasteiger charge is 2.25. The predicted octanol–water partition coefficient (Wildman–Crippen LogP) is 14.8. The normalized spacial score (nSPS) is 11.4. The number of benzene rings is 10. The minimum Gasteiger partial charge on any atom is -0.309 e. The van der Waals surface area contributed by atoms with Crippen molar-refractivity contribution in [2.75, 3.05) is 4.90 Å². The van der Waals surface area contributed by atoms with E-state index in [2.05, 4.69) is 217 Å². The van der Waals surface area contributed by atoms with Crippen LogP contribution in [0.3, 0.4) is 0 Å². The molecule has 10 aromatic rings. The average molecular weight is 674 g/mol. The third kappa shape index (κ3) is 5.42. The molecule has 0 radical (unpaired) electrons. The quantitative estimate of drug-likeness (QED) is 0.159. The van der Waals surface area contributed by atoms with E-state index >= 15 is 0 Å². The summed E-state index contributed by atoms with van der Waals surface area (Å²) >= 11 is 0. The molecule has 0 unspecified atom stereocenters. The summed E-state index contributed by atoms with van der Waals surface area (Å²) in [6, 6.07) is 77.5. The second-order valence-electron chi connectivity index (χ2n) is 13.7. The lowest BCUT2D eigenvalue weighted by molar-refractivity contribution is 1.31. The van der Waals surface area contributed by atoms with E-state index in [0.717, 1.165) is 17.1 Å². The lowest BCUT2D eigenvalue weighted by Gasteiger charge is -2.32. The van der Waals surface area contributed by atoms with Gasteiger partial charge in [-0.2, -0.15) is 0 Å². The molecule has 0 amide bonds. The molecule has 0 fully saturated rings. The molecule has 0 saturated heterocycles. The predicted molar refractivity (Wildman–Crippen MR) is 227 cm³/mol. The highest BCUT2D eigenvalue weighted by atomic mass is 15.1. The van der Waals surface area contributed by atoms with Gasteiger partial charge in [0.25, 0.3) is 0 Å². The molecule has 0 bridgehead atoms. The first-order valence-electron chi connectivity index (χ1n) is 18.3. The van der Waals surface area contributed by atoms with Crippen molar-refractivity contribution in [1.82, 2.24) is 0 Å². The molecule has 0 aliphatic heterocycles. The van der Waals surface area contributed by atoms with Crippen LogP contribution in [0.4, 0.5) is 17.1 Å². The number of anilines is 3. The van der Waals surface area contributed by atoms with Crippen LogP contribution in [0.15, 0.2) is 212 Å². The Hall–Kier alpha value is -6.96.